The molecular weight excluding hydrogens is 444 g/mol. The molecule has 0 saturated carbocycles. The van der Waals surface area contributed by atoms with Gasteiger partial charge in [-0.2, -0.15) is 0 Å². The highest BCUT2D eigenvalue weighted by molar-refractivity contribution is 9.10. The zero-order valence-electron chi connectivity index (χ0n) is 16.9. The Morgan fingerprint density at radius 2 is 1.90 bits per heavy atom. The van der Waals surface area contributed by atoms with Gasteiger partial charge in [-0.3, -0.25) is 4.98 Å². The van der Waals surface area contributed by atoms with Crippen LogP contribution < -0.4 is 5.32 Å². The monoisotopic (exact) mass is 468 g/mol. The fraction of sp³-hybridized carbons (Fsp3) is 0.304. The van der Waals surface area contributed by atoms with Crippen molar-refractivity contribution in [3.05, 3.63) is 81.8 Å². The minimum Gasteiger partial charge on any atom is -0.352 e. The largest absolute Gasteiger partial charge is 0.352 e. The third kappa shape index (κ3) is 3.60. The number of aryl methyl sites for hydroxylation is 1. The molecule has 29 heavy (non-hydrogen) atoms. The molecule has 1 N–H and O–H groups in total. The summed E-state index contributed by atoms with van der Waals surface area (Å²) in [5, 5.41) is 4.34. The summed E-state index contributed by atoms with van der Waals surface area (Å²) >= 11 is 9.44. The van der Waals surface area contributed by atoms with E-state index in [-0.39, 0.29) is 12.1 Å². The van der Waals surface area contributed by atoms with Crippen molar-refractivity contribution < 1.29 is 0 Å². The normalized spacial score (nSPS) is 18.9. The molecule has 1 aliphatic heterocycles. The molecule has 0 aliphatic carbocycles. The van der Waals surface area contributed by atoms with Crippen LogP contribution in [-0.2, 0) is 0 Å². The van der Waals surface area contributed by atoms with Crippen molar-refractivity contribution in [1.29, 1.82) is 0 Å². The zero-order chi connectivity index (χ0) is 20.5. The number of aromatic nitrogens is 2. The van der Waals surface area contributed by atoms with Crippen LogP contribution in [0.4, 0.5) is 0 Å². The van der Waals surface area contributed by atoms with Gasteiger partial charge in [0.15, 0.2) is 5.11 Å². The third-order valence-electron chi connectivity index (χ3n) is 5.54. The number of hydrogen-bond donors (Lipinski definition) is 1. The molecule has 3 heterocycles. The van der Waals surface area contributed by atoms with Crippen molar-refractivity contribution in [2.24, 2.45) is 0 Å². The molecule has 1 saturated heterocycles. The summed E-state index contributed by atoms with van der Waals surface area (Å²) in [4.78, 5) is 6.95. The molecule has 1 aliphatic rings. The van der Waals surface area contributed by atoms with Gasteiger partial charge >= 0.3 is 0 Å². The van der Waals surface area contributed by atoms with Gasteiger partial charge in [-0.15, -0.1) is 0 Å². The van der Waals surface area contributed by atoms with Crippen molar-refractivity contribution in [2.45, 2.75) is 39.3 Å². The van der Waals surface area contributed by atoms with Gasteiger partial charge in [0, 0.05) is 28.6 Å². The molecule has 2 aromatic heterocycles. The summed E-state index contributed by atoms with van der Waals surface area (Å²) in [6, 6.07) is 16.9. The standard InChI is InChI=1S/C23H25BrN4S/c1-4-13-27-22(21(26-23(27)29)19-10-7-8-12-25-19)17-14-15(2)28(16(17)3)20-11-6-5-9-18(20)24/h5-12,14,21-22H,4,13H2,1-3H3,(H,26,29)/t21-,22+/m0/s1. The lowest BCUT2D eigenvalue weighted by molar-refractivity contribution is 0.316. The molecule has 1 fully saturated rings. The fourth-order valence-electron chi connectivity index (χ4n) is 4.32. The molecule has 6 heteroatoms. The first-order chi connectivity index (χ1) is 14.0. The van der Waals surface area contributed by atoms with Gasteiger partial charge in [0.05, 0.1) is 23.5 Å². The Balaban J connectivity index is 1.85. The second-order valence-corrected chi connectivity index (χ2v) is 8.67. The third-order valence-corrected chi connectivity index (χ3v) is 6.57. The molecule has 4 nitrogen and oxygen atoms in total. The second kappa shape index (κ2) is 8.28. The number of para-hydroxylation sites is 1. The van der Waals surface area contributed by atoms with E-state index < -0.39 is 0 Å². The van der Waals surface area contributed by atoms with E-state index in [2.05, 4.69) is 86.8 Å². The Labute approximate surface area is 186 Å². The number of benzene rings is 1. The molecule has 0 unspecified atom stereocenters. The maximum atomic E-state index is 5.73. The van der Waals surface area contributed by atoms with Crippen molar-refractivity contribution in [3.8, 4) is 5.69 Å². The number of nitrogens with zero attached hydrogens (tertiary/aromatic N) is 3. The van der Waals surface area contributed by atoms with Crippen LogP contribution in [0.25, 0.3) is 5.69 Å². The summed E-state index contributed by atoms with van der Waals surface area (Å²) in [7, 11) is 0. The van der Waals surface area contributed by atoms with Crippen molar-refractivity contribution in [1.82, 2.24) is 19.8 Å². The lowest BCUT2D eigenvalue weighted by Gasteiger charge is -2.27. The number of halogens is 1. The molecule has 0 amide bonds. The summed E-state index contributed by atoms with van der Waals surface area (Å²) < 4.78 is 3.40. The molecule has 150 valence electrons. The summed E-state index contributed by atoms with van der Waals surface area (Å²) in [5.74, 6) is 0. The van der Waals surface area contributed by atoms with Gasteiger partial charge in [-0.05, 0) is 84.3 Å². The Hall–Kier alpha value is -2.18. The Morgan fingerprint density at radius 3 is 2.59 bits per heavy atom. The average molecular weight is 469 g/mol. The predicted molar refractivity (Wildman–Crippen MR) is 125 cm³/mol. The Kier molecular flexibility index (Phi) is 5.74. The highest BCUT2D eigenvalue weighted by atomic mass is 79.9. The van der Waals surface area contributed by atoms with Crippen LogP contribution in [0.3, 0.4) is 0 Å². The van der Waals surface area contributed by atoms with Crippen LogP contribution in [0.1, 0.15) is 48.1 Å². The van der Waals surface area contributed by atoms with E-state index in [9.17, 15) is 0 Å². The predicted octanol–water partition coefficient (Wildman–Crippen LogP) is 5.63. The SMILES string of the molecule is CCCN1C(=S)N[C@@H](c2ccccn2)[C@H]1c1cc(C)n(-c2ccccc2Br)c1C. The molecule has 0 spiro atoms. The smallest absolute Gasteiger partial charge is 0.170 e. The van der Waals surface area contributed by atoms with Crippen LogP contribution in [0, 0.1) is 13.8 Å². The topological polar surface area (TPSA) is 33.1 Å². The fourth-order valence-corrected chi connectivity index (χ4v) is 5.11. The highest BCUT2D eigenvalue weighted by Crippen LogP contribution is 2.41. The van der Waals surface area contributed by atoms with E-state index in [4.69, 9.17) is 12.2 Å². The van der Waals surface area contributed by atoms with Crippen molar-refractivity contribution >= 4 is 33.3 Å². The van der Waals surface area contributed by atoms with Crippen LogP contribution in [0.2, 0.25) is 0 Å². The molecule has 4 rings (SSSR count). The second-order valence-electron chi connectivity index (χ2n) is 7.43. The molecule has 3 aromatic rings. The van der Waals surface area contributed by atoms with Crippen LogP contribution in [0.15, 0.2) is 59.2 Å². The zero-order valence-corrected chi connectivity index (χ0v) is 19.3. The van der Waals surface area contributed by atoms with Gasteiger partial charge in [0.1, 0.15) is 0 Å². The maximum absolute atomic E-state index is 5.73. The van der Waals surface area contributed by atoms with E-state index in [0.717, 1.165) is 33.9 Å². The molecule has 2 atom stereocenters. The Bertz CT molecular complexity index is 1030. The van der Waals surface area contributed by atoms with Crippen molar-refractivity contribution in [3.63, 3.8) is 0 Å². The van der Waals surface area contributed by atoms with Crippen LogP contribution in [-0.4, -0.2) is 26.1 Å². The first-order valence-corrected chi connectivity index (χ1v) is 11.1. The highest BCUT2D eigenvalue weighted by Gasteiger charge is 2.40. The van der Waals surface area contributed by atoms with Gasteiger partial charge in [-0.1, -0.05) is 25.1 Å². The minimum atomic E-state index is 0.0309. The average Bonchev–Trinajstić information content (AvgIpc) is 3.19. The summed E-state index contributed by atoms with van der Waals surface area (Å²) in [6.45, 7) is 7.47. The molecular formula is C23H25BrN4S. The molecule has 1 aromatic carbocycles. The number of thiocarbonyl (C=S) groups is 1. The van der Waals surface area contributed by atoms with E-state index in [1.807, 2.05) is 24.4 Å². The maximum Gasteiger partial charge on any atom is 0.170 e. The van der Waals surface area contributed by atoms with E-state index in [1.165, 1.54) is 17.0 Å². The van der Waals surface area contributed by atoms with Gasteiger partial charge in [0.25, 0.3) is 0 Å². The lowest BCUT2D eigenvalue weighted by Crippen LogP contribution is -2.30. The number of hydrogen-bond acceptors (Lipinski definition) is 2. The quantitative estimate of drug-likeness (QED) is 0.491. The van der Waals surface area contributed by atoms with Crippen LogP contribution in [0.5, 0.6) is 0 Å². The number of nitrogens with one attached hydrogen (secondary N) is 1. The summed E-state index contributed by atoms with van der Waals surface area (Å²) in [6.07, 6.45) is 2.89. The van der Waals surface area contributed by atoms with Gasteiger partial charge < -0.3 is 14.8 Å². The van der Waals surface area contributed by atoms with Crippen molar-refractivity contribution in [2.75, 3.05) is 6.54 Å². The lowest BCUT2D eigenvalue weighted by atomic mass is 9.96. The van der Waals surface area contributed by atoms with Gasteiger partial charge in [0.2, 0.25) is 0 Å². The first kappa shape index (κ1) is 20.1. The first-order valence-electron chi connectivity index (χ1n) is 9.94. The minimum absolute atomic E-state index is 0.0309. The van der Waals surface area contributed by atoms with E-state index >= 15 is 0 Å². The van der Waals surface area contributed by atoms with Crippen LogP contribution >= 0.6 is 28.1 Å². The Morgan fingerprint density at radius 1 is 1.14 bits per heavy atom. The molecule has 0 bridgehead atoms. The number of rotatable bonds is 5. The van der Waals surface area contributed by atoms with E-state index in [1.54, 1.807) is 0 Å². The number of pyridine rings is 1. The van der Waals surface area contributed by atoms with E-state index in [0.29, 0.717) is 0 Å². The molecule has 0 radical (unpaired) electrons. The van der Waals surface area contributed by atoms with Gasteiger partial charge in [-0.25, -0.2) is 0 Å². The summed E-state index contributed by atoms with van der Waals surface area (Å²) in [5.41, 5.74) is 5.89.